The Morgan fingerprint density at radius 1 is 1.14 bits per heavy atom. The molecule has 3 rings (SSSR count). The van der Waals surface area contributed by atoms with Crippen LogP contribution in [0.25, 0.3) is 0 Å². The number of benzene rings is 1. The molecule has 3 atom stereocenters. The third-order valence-corrected chi connectivity index (χ3v) is 6.64. The molecule has 0 saturated heterocycles. The zero-order valence-corrected chi connectivity index (χ0v) is 21.2. The Bertz CT molecular complexity index is 1100. The van der Waals surface area contributed by atoms with Crippen molar-refractivity contribution in [2.24, 2.45) is 5.92 Å². The number of amides is 1. The molecule has 1 aliphatic carbocycles. The molecule has 0 radical (unpaired) electrons. The van der Waals surface area contributed by atoms with Crippen LogP contribution < -0.4 is 14.8 Å². The van der Waals surface area contributed by atoms with Crippen molar-refractivity contribution < 1.29 is 28.6 Å². The van der Waals surface area contributed by atoms with E-state index in [0.29, 0.717) is 19.3 Å². The lowest BCUT2D eigenvalue weighted by atomic mass is 9.97. The maximum absolute atomic E-state index is 13.0. The minimum atomic E-state index is -0.935. The minimum absolute atomic E-state index is 0.0641. The summed E-state index contributed by atoms with van der Waals surface area (Å²) in [4.78, 5) is 42.5. The summed E-state index contributed by atoms with van der Waals surface area (Å²) in [5.74, 6) is -1.79. The summed E-state index contributed by atoms with van der Waals surface area (Å²) in [6.45, 7) is 9.43. The number of hydrogen-bond donors (Lipinski definition) is 1. The van der Waals surface area contributed by atoms with Crippen molar-refractivity contribution >= 4 is 17.8 Å². The molecule has 1 heterocycles. The summed E-state index contributed by atoms with van der Waals surface area (Å²) >= 11 is 0. The number of ether oxygens (including phenoxy) is 3. The molecule has 1 N–H and O–H groups in total. The Morgan fingerprint density at radius 2 is 1.86 bits per heavy atom. The number of methoxy groups -OCH3 is 1. The number of pyridine rings is 1. The number of carbonyl (C=O) groups excluding carboxylic acids is 3. The lowest BCUT2D eigenvalue weighted by Crippen LogP contribution is -2.41. The van der Waals surface area contributed by atoms with Crippen molar-refractivity contribution in [2.45, 2.75) is 71.9 Å². The van der Waals surface area contributed by atoms with Gasteiger partial charge >= 0.3 is 11.9 Å². The highest BCUT2D eigenvalue weighted by atomic mass is 16.6. The van der Waals surface area contributed by atoms with E-state index in [9.17, 15) is 14.4 Å². The van der Waals surface area contributed by atoms with Gasteiger partial charge in [0.05, 0.1) is 13.0 Å². The van der Waals surface area contributed by atoms with Crippen LogP contribution in [0.5, 0.6) is 11.5 Å². The average Bonchev–Trinajstić information content (AvgIpc) is 3.15. The van der Waals surface area contributed by atoms with Gasteiger partial charge in [0.1, 0.15) is 12.1 Å². The Morgan fingerprint density at radius 3 is 2.49 bits per heavy atom. The fourth-order valence-electron chi connectivity index (χ4n) is 4.53. The SMILES string of the molecule is CCC(CC)C(=O)Oc1c(OC)ccnc1C(=O)N[C@@H](C)C(=O)OC1Cc2cccc(C)c2C1C. The molecule has 1 amide bonds. The summed E-state index contributed by atoms with van der Waals surface area (Å²) < 4.78 is 16.6. The molecular weight excluding hydrogens is 448 g/mol. The normalized spacial score (nSPS) is 17.5. The molecule has 1 aromatic heterocycles. The molecule has 188 valence electrons. The van der Waals surface area contributed by atoms with Crippen molar-refractivity contribution in [3.63, 3.8) is 0 Å². The van der Waals surface area contributed by atoms with E-state index in [2.05, 4.69) is 29.4 Å². The number of esters is 2. The zero-order chi connectivity index (χ0) is 25.7. The van der Waals surface area contributed by atoms with Crippen LogP contribution in [0.3, 0.4) is 0 Å². The Balaban J connectivity index is 1.71. The van der Waals surface area contributed by atoms with Gasteiger partial charge in [-0.2, -0.15) is 0 Å². The quantitative estimate of drug-likeness (QED) is 0.536. The summed E-state index contributed by atoms with van der Waals surface area (Å²) in [6, 6.07) is 6.68. The van der Waals surface area contributed by atoms with Gasteiger partial charge in [-0.05, 0) is 43.4 Å². The number of aromatic nitrogens is 1. The van der Waals surface area contributed by atoms with Crippen LogP contribution >= 0.6 is 0 Å². The summed E-state index contributed by atoms with van der Waals surface area (Å²) in [5.41, 5.74) is 3.43. The minimum Gasteiger partial charge on any atom is -0.493 e. The highest BCUT2D eigenvalue weighted by molar-refractivity contribution is 5.98. The van der Waals surface area contributed by atoms with E-state index in [4.69, 9.17) is 14.2 Å². The van der Waals surface area contributed by atoms with E-state index in [1.165, 1.54) is 36.1 Å². The number of carbonyl (C=O) groups is 3. The van der Waals surface area contributed by atoms with E-state index < -0.39 is 23.9 Å². The Kier molecular flexibility index (Phi) is 8.48. The van der Waals surface area contributed by atoms with Gasteiger partial charge in [-0.1, -0.05) is 39.0 Å². The van der Waals surface area contributed by atoms with Crippen molar-refractivity contribution in [1.82, 2.24) is 10.3 Å². The third kappa shape index (κ3) is 5.63. The van der Waals surface area contributed by atoms with Gasteiger partial charge in [-0.25, -0.2) is 9.78 Å². The van der Waals surface area contributed by atoms with E-state index in [-0.39, 0.29) is 35.1 Å². The van der Waals surface area contributed by atoms with E-state index in [1.54, 1.807) is 6.92 Å². The molecule has 0 fully saturated rings. The number of rotatable bonds is 9. The molecule has 2 unspecified atom stereocenters. The van der Waals surface area contributed by atoms with Crippen molar-refractivity contribution in [2.75, 3.05) is 7.11 Å². The lowest BCUT2D eigenvalue weighted by Gasteiger charge is -2.21. The molecule has 35 heavy (non-hydrogen) atoms. The summed E-state index contributed by atoms with van der Waals surface area (Å²) in [6.07, 6.45) is 2.92. The number of nitrogens with one attached hydrogen (secondary N) is 1. The number of aryl methyl sites for hydroxylation is 1. The Hall–Kier alpha value is -3.42. The standard InChI is InChI=1S/C27H34N2O6/c1-7-18(8-2)27(32)35-24-20(33-6)12-13-28-23(24)25(30)29-17(5)26(31)34-21-14-19-11-9-10-15(3)22(19)16(21)4/h9-13,16-18,21H,7-8,14H2,1-6H3,(H,29,30)/t16?,17-,21?/m0/s1. The van der Waals surface area contributed by atoms with Gasteiger partial charge in [0, 0.05) is 24.6 Å². The monoisotopic (exact) mass is 482 g/mol. The summed E-state index contributed by atoms with van der Waals surface area (Å²) in [5, 5.41) is 2.62. The molecule has 2 aromatic rings. The molecule has 0 saturated carbocycles. The third-order valence-electron chi connectivity index (χ3n) is 6.64. The average molecular weight is 483 g/mol. The van der Waals surface area contributed by atoms with Crippen LogP contribution in [0.2, 0.25) is 0 Å². The molecule has 0 aliphatic heterocycles. The molecular formula is C27H34N2O6. The first-order chi connectivity index (χ1) is 16.7. The first-order valence-electron chi connectivity index (χ1n) is 12.1. The van der Waals surface area contributed by atoms with E-state index in [0.717, 1.165) is 0 Å². The largest absolute Gasteiger partial charge is 0.493 e. The molecule has 8 nitrogen and oxygen atoms in total. The van der Waals surface area contributed by atoms with Crippen LogP contribution in [0.4, 0.5) is 0 Å². The predicted octanol–water partition coefficient (Wildman–Crippen LogP) is 4.13. The number of nitrogens with zero attached hydrogens (tertiary/aromatic N) is 1. The Labute approximate surface area is 206 Å². The van der Waals surface area contributed by atoms with Gasteiger partial charge in [-0.3, -0.25) is 9.59 Å². The fourth-order valence-corrected chi connectivity index (χ4v) is 4.53. The molecule has 1 aromatic carbocycles. The van der Waals surface area contributed by atoms with Gasteiger partial charge in [0.15, 0.2) is 11.4 Å². The van der Waals surface area contributed by atoms with E-state index >= 15 is 0 Å². The molecule has 0 spiro atoms. The predicted molar refractivity (Wildman–Crippen MR) is 131 cm³/mol. The van der Waals surface area contributed by atoms with Crippen LogP contribution in [0.1, 0.15) is 73.6 Å². The van der Waals surface area contributed by atoms with Crippen LogP contribution in [-0.2, 0) is 20.7 Å². The van der Waals surface area contributed by atoms with E-state index in [1.807, 2.05) is 26.8 Å². The van der Waals surface area contributed by atoms with Crippen LogP contribution in [0.15, 0.2) is 30.5 Å². The van der Waals surface area contributed by atoms with Crippen LogP contribution in [0, 0.1) is 12.8 Å². The maximum Gasteiger partial charge on any atom is 0.328 e. The van der Waals surface area contributed by atoms with Gasteiger partial charge in [-0.15, -0.1) is 0 Å². The second kappa shape index (κ2) is 11.3. The van der Waals surface area contributed by atoms with Gasteiger partial charge < -0.3 is 19.5 Å². The smallest absolute Gasteiger partial charge is 0.328 e. The van der Waals surface area contributed by atoms with Gasteiger partial charge in [0.25, 0.3) is 5.91 Å². The second-order valence-corrected chi connectivity index (χ2v) is 8.94. The summed E-state index contributed by atoms with van der Waals surface area (Å²) in [7, 11) is 1.41. The first kappa shape index (κ1) is 26.2. The molecule has 8 heteroatoms. The van der Waals surface area contributed by atoms with Crippen molar-refractivity contribution in [3.8, 4) is 11.5 Å². The highest BCUT2D eigenvalue weighted by Crippen LogP contribution is 2.37. The number of fused-ring (bicyclic) bond motifs is 1. The lowest BCUT2D eigenvalue weighted by molar-refractivity contribution is -0.151. The van der Waals surface area contributed by atoms with Crippen LogP contribution in [-0.4, -0.2) is 42.1 Å². The molecule has 1 aliphatic rings. The maximum atomic E-state index is 13.0. The van der Waals surface area contributed by atoms with Crippen molar-refractivity contribution in [3.05, 3.63) is 52.8 Å². The highest BCUT2D eigenvalue weighted by Gasteiger charge is 2.34. The second-order valence-electron chi connectivity index (χ2n) is 8.94. The number of hydrogen-bond acceptors (Lipinski definition) is 7. The fraction of sp³-hybridized carbons (Fsp3) is 0.481. The molecule has 0 bridgehead atoms. The first-order valence-corrected chi connectivity index (χ1v) is 12.1. The topological polar surface area (TPSA) is 104 Å². The van der Waals surface area contributed by atoms with Gasteiger partial charge in [0.2, 0.25) is 5.75 Å². The zero-order valence-electron chi connectivity index (χ0n) is 21.2. The van der Waals surface area contributed by atoms with Crippen molar-refractivity contribution in [1.29, 1.82) is 0 Å².